The summed E-state index contributed by atoms with van der Waals surface area (Å²) in [5.74, 6) is 0.109. The van der Waals surface area contributed by atoms with Gasteiger partial charge in [-0.25, -0.2) is 4.98 Å². The molecule has 0 amide bonds. The maximum atomic E-state index is 11.1. The number of aliphatic hydroxyl groups excluding tert-OH is 2. The van der Waals surface area contributed by atoms with Crippen molar-refractivity contribution < 1.29 is 15.0 Å². The molecule has 0 fully saturated rings. The highest BCUT2D eigenvalue weighted by atomic mass is 79.9. The van der Waals surface area contributed by atoms with E-state index in [1.807, 2.05) is 59.1 Å². The fraction of sp³-hybridized carbons (Fsp3) is 0.130. The number of nitrogens with zero attached hydrogens (tertiary/aromatic N) is 2. The van der Waals surface area contributed by atoms with Crippen LogP contribution in [0.3, 0.4) is 0 Å². The van der Waals surface area contributed by atoms with Crippen molar-refractivity contribution in [1.29, 1.82) is 0 Å². The molecular formula is C23H19Br3N2O3. The number of halogens is 3. The van der Waals surface area contributed by atoms with Crippen LogP contribution in [0.2, 0.25) is 0 Å². The predicted molar refractivity (Wildman–Crippen MR) is 132 cm³/mol. The van der Waals surface area contributed by atoms with Crippen LogP contribution in [0.15, 0.2) is 75.8 Å². The van der Waals surface area contributed by atoms with E-state index in [0.717, 1.165) is 42.7 Å². The van der Waals surface area contributed by atoms with Crippen LogP contribution < -0.4 is 0 Å². The van der Waals surface area contributed by atoms with E-state index in [0.29, 0.717) is 5.33 Å². The zero-order valence-electron chi connectivity index (χ0n) is 16.3. The number of Topliss-reactive ketones (excluding diaryl/α,β-unsaturated/α-hetero) is 1. The van der Waals surface area contributed by atoms with Gasteiger partial charge in [0.2, 0.25) is 0 Å². The number of carbonyl (C=O) groups is 1. The van der Waals surface area contributed by atoms with E-state index in [2.05, 4.69) is 52.8 Å². The van der Waals surface area contributed by atoms with Crippen molar-refractivity contribution in [3.05, 3.63) is 92.6 Å². The zero-order valence-corrected chi connectivity index (χ0v) is 21.1. The molecule has 0 saturated heterocycles. The summed E-state index contributed by atoms with van der Waals surface area (Å²) in [5, 5.41) is 19.2. The third-order valence-corrected chi connectivity index (χ3v) is 6.09. The fourth-order valence-electron chi connectivity index (χ4n) is 2.94. The Labute approximate surface area is 205 Å². The highest BCUT2D eigenvalue weighted by Crippen LogP contribution is 2.26. The number of hydrogen-bond acceptors (Lipinski definition) is 4. The minimum Gasteiger partial charge on any atom is -0.392 e. The summed E-state index contributed by atoms with van der Waals surface area (Å²) in [7, 11) is 0. The van der Waals surface area contributed by atoms with Gasteiger partial charge in [-0.05, 0) is 42.0 Å². The molecule has 0 radical (unpaired) electrons. The number of fused-ring (bicyclic) bond motifs is 1. The molecule has 0 unspecified atom stereocenters. The van der Waals surface area contributed by atoms with Gasteiger partial charge >= 0.3 is 0 Å². The number of carbonyl (C=O) groups excluding carboxylic acids is 1. The molecule has 0 aliphatic rings. The monoisotopic (exact) mass is 608 g/mol. The van der Waals surface area contributed by atoms with E-state index < -0.39 is 0 Å². The van der Waals surface area contributed by atoms with Crippen molar-refractivity contribution in [1.82, 2.24) is 9.38 Å². The van der Waals surface area contributed by atoms with Crippen LogP contribution in [0.4, 0.5) is 0 Å². The average Bonchev–Trinajstić information content (AvgIpc) is 3.17. The molecule has 0 atom stereocenters. The Kier molecular flexibility index (Phi) is 8.57. The lowest BCUT2D eigenvalue weighted by Gasteiger charge is -2.02. The van der Waals surface area contributed by atoms with Crippen LogP contribution in [-0.2, 0) is 13.2 Å². The van der Waals surface area contributed by atoms with Crippen molar-refractivity contribution >= 4 is 59.2 Å². The quantitative estimate of drug-likeness (QED) is 0.222. The van der Waals surface area contributed by atoms with Gasteiger partial charge in [0.1, 0.15) is 5.65 Å². The molecule has 2 aromatic carbocycles. The number of alkyl halides is 1. The summed E-state index contributed by atoms with van der Waals surface area (Å²) >= 11 is 9.81. The number of benzene rings is 2. The summed E-state index contributed by atoms with van der Waals surface area (Å²) in [6, 6.07) is 18.8. The van der Waals surface area contributed by atoms with Crippen molar-refractivity contribution in [3.8, 4) is 11.3 Å². The lowest BCUT2D eigenvalue weighted by molar-refractivity contribution is 0.102. The topological polar surface area (TPSA) is 74.8 Å². The standard InChI is InChI=1S/C15H13BrN2O2.C8H6Br2O/c16-12-3-1-11(2-4-12)15-13(9-20)18-6-5-10(8-19)7-14(18)17-15;9-5-8(11)6-1-3-7(10)4-2-6/h1-7,19-20H,8-9H2;1-4H,5H2. The van der Waals surface area contributed by atoms with Crippen molar-refractivity contribution in [3.63, 3.8) is 0 Å². The number of hydrogen-bond donors (Lipinski definition) is 2. The number of ketones is 1. The minimum atomic E-state index is -0.0922. The third kappa shape index (κ3) is 5.90. The lowest BCUT2D eigenvalue weighted by atomic mass is 10.1. The second kappa shape index (κ2) is 11.2. The van der Waals surface area contributed by atoms with E-state index in [-0.39, 0.29) is 19.0 Å². The van der Waals surface area contributed by atoms with Gasteiger partial charge in [-0.3, -0.25) is 4.79 Å². The number of aliphatic hydroxyl groups is 2. The molecule has 4 aromatic rings. The Bertz CT molecular complexity index is 1170. The molecule has 8 heteroatoms. The molecule has 0 aliphatic carbocycles. The van der Waals surface area contributed by atoms with Gasteiger partial charge in [0, 0.05) is 26.3 Å². The van der Waals surface area contributed by atoms with Gasteiger partial charge in [0.05, 0.1) is 29.9 Å². The largest absolute Gasteiger partial charge is 0.392 e. The van der Waals surface area contributed by atoms with Gasteiger partial charge in [0.15, 0.2) is 5.78 Å². The van der Waals surface area contributed by atoms with E-state index in [1.54, 1.807) is 12.1 Å². The highest BCUT2D eigenvalue weighted by molar-refractivity contribution is 9.10. The molecule has 0 saturated carbocycles. The first kappa shape index (κ1) is 23.8. The molecule has 2 aromatic heterocycles. The van der Waals surface area contributed by atoms with Gasteiger partial charge < -0.3 is 14.6 Å². The smallest absolute Gasteiger partial charge is 0.173 e. The van der Waals surface area contributed by atoms with Gasteiger partial charge in [-0.1, -0.05) is 72.1 Å². The molecule has 160 valence electrons. The number of rotatable bonds is 5. The van der Waals surface area contributed by atoms with Gasteiger partial charge in [-0.2, -0.15) is 0 Å². The Balaban J connectivity index is 0.000000210. The van der Waals surface area contributed by atoms with Gasteiger partial charge in [0.25, 0.3) is 0 Å². The summed E-state index contributed by atoms with van der Waals surface area (Å²) in [4.78, 5) is 15.6. The molecule has 5 nitrogen and oxygen atoms in total. The summed E-state index contributed by atoms with van der Waals surface area (Å²) in [5.41, 5.74) is 4.71. The molecule has 0 bridgehead atoms. The number of imidazole rings is 1. The average molecular weight is 611 g/mol. The third-order valence-electron chi connectivity index (χ3n) is 4.53. The first-order valence-electron chi connectivity index (χ1n) is 9.29. The normalized spacial score (nSPS) is 10.6. The van der Waals surface area contributed by atoms with E-state index in [1.165, 1.54) is 0 Å². The SMILES string of the molecule is O=C(CBr)c1ccc(Br)cc1.OCc1ccn2c(CO)c(-c3ccc(Br)cc3)nc2c1. The zero-order chi connectivity index (χ0) is 22.4. The van der Waals surface area contributed by atoms with E-state index in [9.17, 15) is 15.0 Å². The van der Waals surface area contributed by atoms with E-state index >= 15 is 0 Å². The fourth-order valence-corrected chi connectivity index (χ4v) is 3.79. The first-order chi connectivity index (χ1) is 15.0. The molecule has 2 N–H and O–H groups in total. The molecule has 0 aliphatic heterocycles. The lowest BCUT2D eigenvalue weighted by Crippen LogP contribution is -1.98. The van der Waals surface area contributed by atoms with Crippen LogP contribution in [0.1, 0.15) is 21.6 Å². The molecule has 2 heterocycles. The second-order valence-corrected chi connectivity index (χ2v) is 8.95. The highest BCUT2D eigenvalue weighted by Gasteiger charge is 2.13. The van der Waals surface area contributed by atoms with Crippen LogP contribution in [0.25, 0.3) is 16.9 Å². The molecular weight excluding hydrogens is 592 g/mol. The Morgan fingerprint density at radius 2 is 1.52 bits per heavy atom. The van der Waals surface area contributed by atoms with Crippen molar-refractivity contribution in [2.75, 3.05) is 5.33 Å². The maximum absolute atomic E-state index is 11.1. The summed E-state index contributed by atoms with van der Waals surface area (Å²) in [6.45, 7) is -0.115. The Hall–Kier alpha value is -1.84. The van der Waals surface area contributed by atoms with E-state index in [4.69, 9.17) is 0 Å². The van der Waals surface area contributed by atoms with Crippen LogP contribution in [0, 0.1) is 0 Å². The molecule has 0 spiro atoms. The summed E-state index contributed by atoms with van der Waals surface area (Å²) < 4.78 is 3.83. The Morgan fingerprint density at radius 3 is 2.06 bits per heavy atom. The maximum Gasteiger partial charge on any atom is 0.173 e. The second-order valence-electron chi connectivity index (χ2n) is 6.56. The number of pyridine rings is 1. The van der Waals surface area contributed by atoms with Gasteiger partial charge in [-0.15, -0.1) is 0 Å². The van der Waals surface area contributed by atoms with Crippen LogP contribution in [0.5, 0.6) is 0 Å². The first-order valence-corrected chi connectivity index (χ1v) is 12.0. The summed E-state index contributed by atoms with van der Waals surface area (Å²) in [6.07, 6.45) is 1.82. The molecule has 31 heavy (non-hydrogen) atoms. The van der Waals surface area contributed by atoms with Crippen molar-refractivity contribution in [2.24, 2.45) is 0 Å². The number of aromatic nitrogens is 2. The Morgan fingerprint density at radius 1 is 0.903 bits per heavy atom. The van der Waals surface area contributed by atoms with Crippen LogP contribution in [-0.4, -0.2) is 30.7 Å². The predicted octanol–water partition coefficient (Wildman–Crippen LogP) is 5.78. The molecule has 4 rings (SSSR count). The minimum absolute atomic E-state index is 0.0224. The van der Waals surface area contributed by atoms with Crippen LogP contribution >= 0.6 is 47.8 Å². The van der Waals surface area contributed by atoms with Crippen molar-refractivity contribution in [2.45, 2.75) is 13.2 Å².